The van der Waals surface area contributed by atoms with E-state index in [1.54, 1.807) is 14.0 Å². The largest absolute Gasteiger partial charge is 0.497 e. The molecule has 166 valence electrons. The van der Waals surface area contributed by atoms with Crippen molar-refractivity contribution in [3.8, 4) is 17.2 Å². The molecule has 1 fully saturated rings. The van der Waals surface area contributed by atoms with Crippen molar-refractivity contribution in [2.75, 3.05) is 33.7 Å². The van der Waals surface area contributed by atoms with Crippen LogP contribution in [0.3, 0.4) is 0 Å². The van der Waals surface area contributed by atoms with Crippen molar-refractivity contribution in [3.05, 3.63) is 53.6 Å². The standard InChI is InChI=1S/C24H29NO6/c1-17(29-14-18-4-3-5-20(12-18)27-2)23(26)25-15-24(8-10-28-11-9-24)19-6-7-21-22(13-19)31-16-30-21/h3-7,12-13,17H,8-11,14-16H2,1-2H3,(H,25,26). The van der Waals surface area contributed by atoms with Crippen LogP contribution in [0.15, 0.2) is 42.5 Å². The molecule has 2 aromatic rings. The van der Waals surface area contributed by atoms with Gasteiger partial charge in [-0.1, -0.05) is 18.2 Å². The third-order valence-corrected chi connectivity index (χ3v) is 6.04. The lowest BCUT2D eigenvalue weighted by Crippen LogP contribution is -2.47. The van der Waals surface area contributed by atoms with Gasteiger partial charge in [0.2, 0.25) is 12.7 Å². The Morgan fingerprint density at radius 1 is 1.13 bits per heavy atom. The highest BCUT2D eigenvalue weighted by Gasteiger charge is 2.36. The summed E-state index contributed by atoms with van der Waals surface area (Å²) < 4.78 is 27.6. The van der Waals surface area contributed by atoms with E-state index in [4.69, 9.17) is 23.7 Å². The number of rotatable bonds is 8. The highest BCUT2D eigenvalue weighted by Crippen LogP contribution is 2.40. The molecule has 2 heterocycles. The van der Waals surface area contributed by atoms with E-state index in [-0.39, 0.29) is 18.1 Å². The predicted molar refractivity (Wildman–Crippen MR) is 115 cm³/mol. The summed E-state index contributed by atoms with van der Waals surface area (Å²) in [6.07, 6.45) is 1.08. The summed E-state index contributed by atoms with van der Waals surface area (Å²) in [4.78, 5) is 12.8. The highest BCUT2D eigenvalue weighted by molar-refractivity contribution is 5.80. The maximum absolute atomic E-state index is 12.8. The van der Waals surface area contributed by atoms with Crippen molar-refractivity contribution < 1.29 is 28.5 Å². The topological polar surface area (TPSA) is 75.3 Å². The number of methoxy groups -OCH3 is 1. The van der Waals surface area contributed by atoms with Crippen LogP contribution in [0.2, 0.25) is 0 Å². The Morgan fingerprint density at radius 2 is 1.94 bits per heavy atom. The fraction of sp³-hybridized carbons (Fsp3) is 0.458. The van der Waals surface area contributed by atoms with Gasteiger partial charge in [0.1, 0.15) is 11.9 Å². The lowest BCUT2D eigenvalue weighted by Gasteiger charge is -2.38. The lowest BCUT2D eigenvalue weighted by atomic mass is 9.74. The second-order valence-electron chi connectivity index (χ2n) is 7.98. The number of hydrogen-bond donors (Lipinski definition) is 1. The number of carbonyl (C=O) groups is 1. The average Bonchev–Trinajstić information content (AvgIpc) is 3.30. The molecule has 1 atom stereocenters. The fourth-order valence-corrected chi connectivity index (χ4v) is 4.02. The van der Waals surface area contributed by atoms with E-state index in [0.717, 1.165) is 41.2 Å². The van der Waals surface area contributed by atoms with Crippen LogP contribution in [0, 0.1) is 0 Å². The van der Waals surface area contributed by atoms with Crippen LogP contribution in [0.4, 0.5) is 0 Å². The SMILES string of the molecule is COc1cccc(COC(C)C(=O)NCC2(c3ccc4c(c3)OCO4)CCOCC2)c1. The van der Waals surface area contributed by atoms with Crippen LogP contribution in [0.1, 0.15) is 30.9 Å². The zero-order valence-electron chi connectivity index (χ0n) is 18.0. The van der Waals surface area contributed by atoms with Gasteiger partial charge in [-0.05, 0) is 55.2 Å². The van der Waals surface area contributed by atoms with Gasteiger partial charge in [-0.2, -0.15) is 0 Å². The second kappa shape index (κ2) is 9.58. The molecule has 1 N–H and O–H groups in total. The Balaban J connectivity index is 1.38. The van der Waals surface area contributed by atoms with E-state index >= 15 is 0 Å². The second-order valence-corrected chi connectivity index (χ2v) is 7.98. The van der Waals surface area contributed by atoms with Gasteiger partial charge in [0.05, 0.1) is 13.7 Å². The molecular formula is C24H29NO6. The van der Waals surface area contributed by atoms with E-state index in [0.29, 0.717) is 26.4 Å². The first-order valence-electron chi connectivity index (χ1n) is 10.6. The quantitative estimate of drug-likeness (QED) is 0.697. The highest BCUT2D eigenvalue weighted by atomic mass is 16.7. The zero-order valence-corrected chi connectivity index (χ0v) is 18.0. The fourth-order valence-electron chi connectivity index (χ4n) is 4.02. The number of ether oxygens (including phenoxy) is 5. The van der Waals surface area contributed by atoms with Crippen LogP contribution >= 0.6 is 0 Å². The molecule has 1 amide bonds. The Labute approximate surface area is 182 Å². The Hall–Kier alpha value is -2.77. The monoisotopic (exact) mass is 427 g/mol. The number of hydrogen-bond acceptors (Lipinski definition) is 6. The molecule has 2 aliphatic heterocycles. The molecule has 0 aromatic heterocycles. The molecule has 7 heteroatoms. The van der Waals surface area contributed by atoms with E-state index in [2.05, 4.69) is 11.4 Å². The Kier molecular flexibility index (Phi) is 6.63. The molecule has 2 aromatic carbocycles. The minimum atomic E-state index is -0.570. The van der Waals surface area contributed by atoms with Gasteiger partial charge in [-0.15, -0.1) is 0 Å². The van der Waals surface area contributed by atoms with Gasteiger partial charge >= 0.3 is 0 Å². The molecular weight excluding hydrogens is 398 g/mol. The molecule has 0 bridgehead atoms. The summed E-state index contributed by atoms with van der Waals surface area (Å²) in [5.74, 6) is 2.15. The molecule has 0 aliphatic carbocycles. The zero-order chi connectivity index (χ0) is 21.7. The van der Waals surface area contributed by atoms with Crippen LogP contribution in [0.5, 0.6) is 17.2 Å². The van der Waals surface area contributed by atoms with Gasteiger partial charge < -0.3 is 29.0 Å². The van der Waals surface area contributed by atoms with Gasteiger partial charge in [0.25, 0.3) is 0 Å². The molecule has 31 heavy (non-hydrogen) atoms. The number of nitrogens with one attached hydrogen (secondary N) is 1. The Bertz CT molecular complexity index is 909. The van der Waals surface area contributed by atoms with E-state index < -0.39 is 6.10 Å². The number of fused-ring (bicyclic) bond motifs is 1. The molecule has 2 aliphatic rings. The number of carbonyl (C=O) groups excluding carboxylic acids is 1. The van der Waals surface area contributed by atoms with Crippen molar-refractivity contribution >= 4 is 5.91 Å². The van der Waals surface area contributed by atoms with Crippen molar-refractivity contribution in [1.29, 1.82) is 0 Å². The summed E-state index contributed by atoms with van der Waals surface area (Å²) in [6.45, 7) is 4.19. The maximum Gasteiger partial charge on any atom is 0.248 e. The molecule has 1 saturated heterocycles. The minimum Gasteiger partial charge on any atom is -0.497 e. The first-order valence-corrected chi connectivity index (χ1v) is 10.6. The van der Waals surface area contributed by atoms with Crippen LogP contribution in [-0.4, -0.2) is 45.7 Å². The summed E-state index contributed by atoms with van der Waals surface area (Å²) in [5.41, 5.74) is 1.88. The third kappa shape index (κ3) is 4.94. The summed E-state index contributed by atoms with van der Waals surface area (Å²) in [5, 5.41) is 3.10. The van der Waals surface area contributed by atoms with Crippen LogP contribution in [0.25, 0.3) is 0 Å². The summed E-state index contributed by atoms with van der Waals surface area (Å²) in [7, 11) is 1.63. The van der Waals surface area contributed by atoms with Crippen LogP contribution < -0.4 is 19.5 Å². The van der Waals surface area contributed by atoms with Gasteiger partial charge in [0.15, 0.2) is 11.5 Å². The molecule has 0 radical (unpaired) electrons. The van der Waals surface area contributed by atoms with E-state index in [9.17, 15) is 4.79 Å². The Morgan fingerprint density at radius 3 is 2.74 bits per heavy atom. The molecule has 0 spiro atoms. The smallest absolute Gasteiger partial charge is 0.248 e. The third-order valence-electron chi connectivity index (χ3n) is 6.04. The first kappa shape index (κ1) is 21.5. The van der Waals surface area contributed by atoms with Crippen molar-refractivity contribution in [2.24, 2.45) is 0 Å². The molecule has 4 rings (SSSR count). The first-order chi connectivity index (χ1) is 15.1. The average molecular weight is 427 g/mol. The van der Waals surface area contributed by atoms with Crippen LogP contribution in [-0.2, 0) is 26.3 Å². The van der Waals surface area contributed by atoms with E-state index in [1.807, 2.05) is 36.4 Å². The number of amides is 1. The summed E-state index contributed by atoms with van der Waals surface area (Å²) in [6, 6.07) is 13.7. The van der Waals surface area contributed by atoms with Gasteiger partial charge in [-0.3, -0.25) is 4.79 Å². The minimum absolute atomic E-state index is 0.130. The van der Waals surface area contributed by atoms with Gasteiger partial charge in [0, 0.05) is 25.2 Å². The predicted octanol–water partition coefficient (Wildman–Crippen LogP) is 3.19. The van der Waals surface area contributed by atoms with Crippen molar-refractivity contribution in [2.45, 2.75) is 37.9 Å². The molecule has 1 unspecified atom stereocenters. The normalized spacial score (nSPS) is 17.7. The van der Waals surface area contributed by atoms with Gasteiger partial charge in [-0.25, -0.2) is 0 Å². The lowest BCUT2D eigenvalue weighted by molar-refractivity contribution is -0.133. The van der Waals surface area contributed by atoms with E-state index in [1.165, 1.54) is 0 Å². The maximum atomic E-state index is 12.8. The molecule has 0 saturated carbocycles. The summed E-state index contributed by atoms with van der Waals surface area (Å²) >= 11 is 0. The van der Waals surface area contributed by atoms with Crippen molar-refractivity contribution in [3.63, 3.8) is 0 Å². The number of benzene rings is 2. The molecule has 7 nitrogen and oxygen atoms in total. The van der Waals surface area contributed by atoms with Crippen molar-refractivity contribution in [1.82, 2.24) is 5.32 Å².